The number of carboxylic acids is 1. The molecule has 6 nitrogen and oxygen atoms in total. The fourth-order valence-corrected chi connectivity index (χ4v) is 1.85. The fraction of sp³-hybridized carbons (Fsp3) is 0. The van der Waals surface area contributed by atoms with E-state index in [4.69, 9.17) is 45.5 Å². The summed E-state index contributed by atoms with van der Waals surface area (Å²) in [5, 5.41) is 9.46. The average molecular weight is 342 g/mol. The number of rotatable bonds is 2. The van der Waals surface area contributed by atoms with E-state index in [0.717, 1.165) is 0 Å². The van der Waals surface area contributed by atoms with Gasteiger partial charge in [-0.1, -0.05) is 23.2 Å². The molecule has 0 bridgehead atoms. The number of nitrogen functional groups attached to an aromatic ring is 2. The number of primary amides is 1. The summed E-state index contributed by atoms with van der Waals surface area (Å²) in [4.78, 5) is 21.0. The normalized spacial score (nSPS) is 9.55. The van der Waals surface area contributed by atoms with Gasteiger partial charge in [0.05, 0.1) is 11.1 Å². The van der Waals surface area contributed by atoms with Crippen LogP contribution in [0.25, 0.3) is 0 Å². The van der Waals surface area contributed by atoms with Crippen molar-refractivity contribution in [3.05, 3.63) is 57.6 Å². The van der Waals surface area contributed by atoms with Gasteiger partial charge in [0.2, 0.25) is 0 Å². The third-order valence-electron chi connectivity index (χ3n) is 2.52. The van der Waals surface area contributed by atoms with E-state index in [0.29, 0.717) is 21.3 Å². The van der Waals surface area contributed by atoms with Crippen LogP contribution in [-0.2, 0) is 0 Å². The van der Waals surface area contributed by atoms with Crippen molar-refractivity contribution in [3.8, 4) is 0 Å². The lowest BCUT2D eigenvalue weighted by atomic mass is 10.2. The van der Waals surface area contributed by atoms with E-state index < -0.39 is 11.9 Å². The molecule has 0 atom stereocenters. The van der Waals surface area contributed by atoms with Gasteiger partial charge in [0.1, 0.15) is 0 Å². The molecule has 0 aliphatic heterocycles. The molecule has 8 heteroatoms. The fourth-order valence-electron chi connectivity index (χ4n) is 1.49. The van der Waals surface area contributed by atoms with Crippen LogP contribution in [-0.4, -0.2) is 17.0 Å². The Balaban J connectivity index is 0.000000220. The number of carbonyl (C=O) groups excluding carboxylic acids is 1. The molecule has 0 saturated heterocycles. The van der Waals surface area contributed by atoms with Gasteiger partial charge in [-0.25, -0.2) is 4.79 Å². The van der Waals surface area contributed by atoms with Crippen molar-refractivity contribution in [2.24, 2.45) is 5.73 Å². The first-order valence-electron chi connectivity index (χ1n) is 5.85. The standard InChI is InChI=1S/C7H7ClN2O.C7H6ClNO2/c2*8-4-1-2-5(7(10)11)6(9)3-4/h1-3H,9H2,(H2,10,11);1-3H,9H2,(H,10,11). The van der Waals surface area contributed by atoms with Gasteiger partial charge in [0, 0.05) is 21.4 Å². The lowest BCUT2D eigenvalue weighted by Crippen LogP contribution is -2.13. The van der Waals surface area contributed by atoms with Crippen molar-refractivity contribution in [2.75, 3.05) is 11.5 Å². The van der Waals surface area contributed by atoms with Crippen molar-refractivity contribution in [1.29, 1.82) is 0 Å². The smallest absolute Gasteiger partial charge is 0.337 e. The van der Waals surface area contributed by atoms with E-state index in [-0.39, 0.29) is 11.3 Å². The summed E-state index contributed by atoms with van der Waals surface area (Å²) in [6.45, 7) is 0. The highest BCUT2D eigenvalue weighted by molar-refractivity contribution is 6.31. The Hall–Kier alpha value is -2.44. The number of benzene rings is 2. The molecule has 2 rings (SSSR count). The summed E-state index contributed by atoms with van der Waals surface area (Å²) >= 11 is 11.1. The summed E-state index contributed by atoms with van der Waals surface area (Å²) in [7, 11) is 0. The first kappa shape index (κ1) is 17.6. The van der Waals surface area contributed by atoms with E-state index >= 15 is 0 Å². The number of carbonyl (C=O) groups is 2. The predicted molar refractivity (Wildman–Crippen MR) is 87.2 cm³/mol. The summed E-state index contributed by atoms with van der Waals surface area (Å²) in [5.41, 5.74) is 16.7. The average Bonchev–Trinajstić information content (AvgIpc) is 2.38. The second-order valence-corrected chi connectivity index (χ2v) is 5.01. The first-order chi connectivity index (χ1) is 10.2. The second-order valence-electron chi connectivity index (χ2n) is 4.13. The zero-order chi connectivity index (χ0) is 16.9. The Morgan fingerprint density at radius 1 is 0.864 bits per heavy atom. The number of amides is 1. The zero-order valence-corrected chi connectivity index (χ0v) is 12.7. The quantitative estimate of drug-likeness (QED) is 0.623. The lowest BCUT2D eigenvalue weighted by molar-refractivity contribution is 0.0698. The van der Waals surface area contributed by atoms with Gasteiger partial charge >= 0.3 is 5.97 Å². The van der Waals surface area contributed by atoms with Crippen LogP contribution in [0, 0.1) is 0 Å². The maximum Gasteiger partial charge on any atom is 0.337 e. The van der Waals surface area contributed by atoms with Crippen LogP contribution in [0.15, 0.2) is 36.4 Å². The molecule has 0 aliphatic rings. The predicted octanol–water partition coefficient (Wildman–Crippen LogP) is 2.64. The Kier molecular flexibility index (Phi) is 6.03. The van der Waals surface area contributed by atoms with Crippen molar-refractivity contribution in [1.82, 2.24) is 0 Å². The highest BCUT2D eigenvalue weighted by Gasteiger charge is 2.06. The van der Waals surface area contributed by atoms with E-state index in [2.05, 4.69) is 0 Å². The number of nitrogens with two attached hydrogens (primary N) is 3. The SMILES string of the molecule is NC(=O)c1ccc(Cl)cc1N.Nc1cc(Cl)ccc1C(=O)O. The molecule has 0 saturated carbocycles. The third-order valence-corrected chi connectivity index (χ3v) is 2.99. The molecule has 0 aliphatic carbocycles. The maximum absolute atomic E-state index is 10.6. The molecule has 2 aromatic carbocycles. The van der Waals surface area contributed by atoms with Crippen LogP contribution < -0.4 is 17.2 Å². The minimum absolute atomic E-state index is 0.0781. The molecule has 0 radical (unpaired) electrons. The van der Waals surface area contributed by atoms with Gasteiger partial charge in [-0.15, -0.1) is 0 Å². The second kappa shape index (κ2) is 7.53. The van der Waals surface area contributed by atoms with Crippen LogP contribution in [0.4, 0.5) is 11.4 Å². The van der Waals surface area contributed by atoms with Crippen LogP contribution in [0.3, 0.4) is 0 Å². The molecule has 1 amide bonds. The Morgan fingerprint density at radius 2 is 1.27 bits per heavy atom. The zero-order valence-electron chi connectivity index (χ0n) is 11.2. The number of hydrogen-bond donors (Lipinski definition) is 4. The van der Waals surface area contributed by atoms with Crippen LogP contribution in [0.5, 0.6) is 0 Å². The van der Waals surface area contributed by atoms with Crippen LogP contribution in [0.2, 0.25) is 10.0 Å². The number of aromatic carboxylic acids is 1. The van der Waals surface area contributed by atoms with Gasteiger partial charge in [0.25, 0.3) is 5.91 Å². The molecule has 0 aromatic heterocycles. The highest BCUT2D eigenvalue weighted by atomic mass is 35.5. The molecule has 2 aromatic rings. The highest BCUT2D eigenvalue weighted by Crippen LogP contribution is 2.18. The Bertz CT molecular complexity index is 659. The van der Waals surface area contributed by atoms with E-state index in [1.54, 1.807) is 6.07 Å². The number of carboxylic acid groups (broad SMARTS) is 1. The minimum atomic E-state index is -1.04. The molecular weight excluding hydrogens is 329 g/mol. The maximum atomic E-state index is 10.6. The van der Waals surface area contributed by atoms with Gasteiger partial charge in [-0.05, 0) is 36.4 Å². The minimum Gasteiger partial charge on any atom is -0.478 e. The van der Waals surface area contributed by atoms with Crippen molar-refractivity contribution in [2.45, 2.75) is 0 Å². The van der Waals surface area contributed by atoms with Crippen LogP contribution in [0.1, 0.15) is 20.7 Å². The molecule has 0 heterocycles. The topological polar surface area (TPSA) is 132 Å². The van der Waals surface area contributed by atoms with Crippen molar-refractivity contribution in [3.63, 3.8) is 0 Å². The molecule has 7 N–H and O–H groups in total. The van der Waals surface area contributed by atoms with Crippen molar-refractivity contribution < 1.29 is 14.7 Å². The molecule has 0 unspecified atom stereocenters. The van der Waals surface area contributed by atoms with Crippen molar-refractivity contribution >= 4 is 46.5 Å². The number of anilines is 2. The van der Waals surface area contributed by atoms with Gasteiger partial charge < -0.3 is 22.3 Å². The number of hydrogen-bond acceptors (Lipinski definition) is 4. The largest absolute Gasteiger partial charge is 0.478 e. The summed E-state index contributed by atoms with van der Waals surface area (Å²) in [5.74, 6) is -1.58. The number of halogens is 2. The Morgan fingerprint density at radius 3 is 1.59 bits per heavy atom. The van der Waals surface area contributed by atoms with Crippen LogP contribution >= 0.6 is 23.2 Å². The monoisotopic (exact) mass is 341 g/mol. The molecule has 22 heavy (non-hydrogen) atoms. The summed E-state index contributed by atoms with van der Waals surface area (Å²) in [6, 6.07) is 8.83. The molecule has 116 valence electrons. The van der Waals surface area contributed by atoms with Gasteiger partial charge in [-0.2, -0.15) is 0 Å². The van der Waals surface area contributed by atoms with Gasteiger partial charge in [0.15, 0.2) is 0 Å². The molecular formula is C14H13Cl2N3O3. The molecule has 0 fully saturated rings. The summed E-state index contributed by atoms with van der Waals surface area (Å²) < 4.78 is 0. The van der Waals surface area contributed by atoms with E-state index in [1.807, 2.05) is 0 Å². The van der Waals surface area contributed by atoms with Gasteiger partial charge in [-0.3, -0.25) is 4.79 Å². The Labute approximate surface area is 136 Å². The van der Waals surface area contributed by atoms with E-state index in [1.165, 1.54) is 30.3 Å². The lowest BCUT2D eigenvalue weighted by Gasteiger charge is -1.99. The van der Waals surface area contributed by atoms with E-state index in [9.17, 15) is 9.59 Å². The summed E-state index contributed by atoms with van der Waals surface area (Å²) in [6.07, 6.45) is 0. The first-order valence-corrected chi connectivity index (χ1v) is 6.61. The third kappa shape index (κ3) is 4.83. The molecule has 0 spiro atoms.